The quantitative estimate of drug-likeness (QED) is 0.337. The monoisotopic (exact) mass is 214 g/mol. The average molecular weight is 214 g/mol. The Bertz CT molecular complexity index is 178. The summed E-state index contributed by atoms with van der Waals surface area (Å²) in [7, 11) is 0. The first-order valence-electron chi connectivity index (χ1n) is 5.87. The molecule has 0 saturated carbocycles. The van der Waals surface area contributed by atoms with Crippen LogP contribution in [0.25, 0.3) is 0 Å². The van der Waals surface area contributed by atoms with E-state index in [0.717, 1.165) is 25.5 Å². The van der Waals surface area contributed by atoms with Gasteiger partial charge in [0.2, 0.25) is 0 Å². The third-order valence-corrected chi connectivity index (χ3v) is 2.35. The van der Waals surface area contributed by atoms with Crippen LogP contribution >= 0.6 is 0 Å². The second-order valence-electron chi connectivity index (χ2n) is 3.72. The normalized spacial score (nSPS) is 12.1. The van der Waals surface area contributed by atoms with Crippen LogP contribution in [0.4, 0.5) is 0 Å². The average Bonchev–Trinajstić information content (AvgIpc) is 2.25. The van der Waals surface area contributed by atoms with E-state index in [1.165, 1.54) is 12.8 Å². The van der Waals surface area contributed by atoms with Crippen molar-refractivity contribution in [2.45, 2.75) is 64.9 Å². The van der Waals surface area contributed by atoms with E-state index in [-0.39, 0.29) is 24.9 Å². The highest BCUT2D eigenvalue weighted by Crippen LogP contribution is 2.11. The van der Waals surface area contributed by atoms with Crippen LogP contribution < -0.4 is 0 Å². The zero-order valence-electron chi connectivity index (χ0n) is 9.83. The molecule has 0 radical (unpaired) electrons. The van der Waals surface area contributed by atoms with Crippen molar-refractivity contribution in [3.05, 3.63) is 0 Å². The largest absolute Gasteiger partial charge is 0.462 e. The van der Waals surface area contributed by atoms with Crippen molar-refractivity contribution < 1.29 is 14.3 Å². The first-order chi connectivity index (χ1) is 7.24. The Morgan fingerprint density at radius 3 is 2.60 bits per heavy atom. The van der Waals surface area contributed by atoms with Gasteiger partial charge in [0.15, 0.2) is 0 Å². The summed E-state index contributed by atoms with van der Waals surface area (Å²) in [6.45, 7) is 4.17. The maximum Gasteiger partial charge on any atom is 0.306 e. The number of hydrogen-bond acceptors (Lipinski definition) is 3. The van der Waals surface area contributed by atoms with Crippen LogP contribution in [0.1, 0.15) is 58.8 Å². The minimum atomic E-state index is -0.245. The van der Waals surface area contributed by atoms with Crippen LogP contribution in [0.5, 0.6) is 0 Å². The van der Waals surface area contributed by atoms with Gasteiger partial charge in [0.05, 0.1) is 6.42 Å². The molecule has 0 aromatic heterocycles. The van der Waals surface area contributed by atoms with Crippen molar-refractivity contribution in [3.63, 3.8) is 0 Å². The van der Waals surface area contributed by atoms with E-state index in [2.05, 4.69) is 6.92 Å². The molecule has 0 rings (SSSR count). The molecular formula is C12H22O3. The summed E-state index contributed by atoms with van der Waals surface area (Å²) < 4.78 is 5.25. The zero-order chi connectivity index (χ0) is 11.5. The summed E-state index contributed by atoms with van der Waals surface area (Å²) in [5.74, 6) is -0.245. The van der Waals surface area contributed by atoms with Crippen molar-refractivity contribution in [1.82, 2.24) is 0 Å². The molecule has 88 valence electrons. The predicted molar refractivity (Wildman–Crippen MR) is 59.6 cm³/mol. The lowest BCUT2D eigenvalue weighted by Crippen LogP contribution is -2.17. The Kier molecular flexibility index (Phi) is 9.13. The van der Waals surface area contributed by atoms with Crippen molar-refractivity contribution >= 4 is 12.3 Å². The molecule has 1 atom stereocenters. The minimum Gasteiger partial charge on any atom is -0.462 e. The van der Waals surface area contributed by atoms with Crippen LogP contribution in [0, 0.1) is 0 Å². The lowest BCUT2D eigenvalue weighted by Gasteiger charge is -2.15. The van der Waals surface area contributed by atoms with Gasteiger partial charge in [-0.15, -0.1) is 0 Å². The summed E-state index contributed by atoms with van der Waals surface area (Å²) in [4.78, 5) is 21.3. The number of carbonyl (C=O) groups is 2. The van der Waals surface area contributed by atoms with E-state index in [0.29, 0.717) is 0 Å². The molecule has 0 aromatic carbocycles. The third-order valence-electron chi connectivity index (χ3n) is 2.35. The van der Waals surface area contributed by atoms with Crippen LogP contribution in [-0.4, -0.2) is 18.4 Å². The third kappa shape index (κ3) is 8.16. The SMILES string of the molecule is CCCCCC(CC)OC(=O)CCC=O. The smallest absolute Gasteiger partial charge is 0.306 e. The standard InChI is InChI=1S/C12H22O3/c1-3-5-6-8-11(4-2)15-12(14)9-7-10-13/h10-11H,3-9H2,1-2H3. The Balaban J connectivity index is 3.66. The molecule has 0 aliphatic heterocycles. The summed E-state index contributed by atoms with van der Waals surface area (Å²) >= 11 is 0. The summed E-state index contributed by atoms with van der Waals surface area (Å²) in [6.07, 6.45) is 6.54. The topological polar surface area (TPSA) is 43.4 Å². The van der Waals surface area contributed by atoms with E-state index in [1.54, 1.807) is 0 Å². The predicted octanol–water partition coefficient (Wildman–Crippen LogP) is 2.87. The van der Waals surface area contributed by atoms with E-state index in [4.69, 9.17) is 4.74 Å². The molecule has 3 nitrogen and oxygen atoms in total. The van der Waals surface area contributed by atoms with Gasteiger partial charge in [-0.2, -0.15) is 0 Å². The van der Waals surface area contributed by atoms with Crippen LogP contribution in [-0.2, 0) is 14.3 Å². The fourth-order valence-electron chi connectivity index (χ4n) is 1.39. The lowest BCUT2D eigenvalue weighted by molar-refractivity contribution is -0.150. The zero-order valence-corrected chi connectivity index (χ0v) is 9.83. The maximum absolute atomic E-state index is 11.2. The van der Waals surface area contributed by atoms with Crippen LogP contribution in [0.15, 0.2) is 0 Å². The molecule has 1 unspecified atom stereocenters. The molecule has 0 heterocycles. The molecule has 0 saturated heterocycles. The van der Waals surface area contributed by atoms with Gasteiger partial charge in [0, 0.05) is 6.42 Å². The molecule has 0 aromatic rings. The number of carbonyl (C=O) groups excluding carboxylic acids is 2. The summed E-state index contributed by atoms with van der Waals surface area (Å²) in [6, 6.07) is 0. The van der Waals surface area contributed by atoms with Gasteiger partial charge >= 0.3 is 5.97 Å². The van der Waals surface area contributed by atoms with Gasteiger partial charge in [0.1, 0.15) is 12.4 Å². The molecule has 0 fully saturated rings. The summed E-state index contributed by atoms with van der Waals surface area (Å²) in [5, 5.41) is 0. The van der Waals surface area contributed by atoms with Crippen molar-refractivity contribution in [2.75, 3.05) is 0 Å². The Hall–Kier alpha value is -0.860. The van der Waals surface area contributed by atoms with Crippen LogP contribution in [0.3, 0.4) is 0 Å². The Labute approximate surface area is 92.2 Å². The highest BCUT2D eigenvalue weighted by Gasteiger charge is 2.11. The highest BCUT2D eigenvalue weighted by atomic mass is 16.5. The first-order valence-corrected chi connectivity index (χ1v) is 5.87. The van der Waals surface area contributed by atoms with E-state index >= 15 is 0 Å². The molecule has 0 N–H and O–H groups in total. The fourth-order valence-corrected chi connectivity index (χ4v) is 1.39. The number of esters is 1. The lowest BCUT2D eigenvalue weighted by atomic mass is 10.1. The molecular weight excluding hydrogens is 192 g/mol. The molecule has 3 heteroatoms. The highest BCUT2D eigenvalue weighted by molar-refractivity contribution is 5.72. The minimum absolute atomic E-state index is 0.0377. The van der Waals surface area contributed by atoms with Crippen molar-refractivity contribution in [3.8, 4) is 0 Å². The maximum atomic E-state index is 11.2. The van der Waals surface area contributed by atoms with Gasteiger partial charge in [-0.3, -0.25) is 4.79 Å². The number of hydrogen-bond donors (Lipinski definition) is 0. The van der Waals surface area contributed by atoms with Gasteiger partial charge in [-0.25, -0.2) is 0 Å². The molecule has 0 spiro atoms. The summed E-state index contributed by atoms with van der Waals surface area (Å²) in [5.41, 5.74) is 0. The fraction of sp³-hybridized carbons (Fsp3) is 0.833. The molecule has 0 amide bonds. The van der Waals surface area contributed by atoms with E-state index < -0.39 is 0 Å². The van der Waals surface area contributed by atoms with Gasteiger partial charge in [-0.05, 0) is 19.3 Å². The molecule has 15 heavy (non-hydrogen) atoms. The number of rotatable bonds is 9. The van der Waals surface area contributed by atoms with Crippen molar-refractivity contribution in [2.24, 2.45) is 0 Å². The van der Waals surface area contributed by atoms with Crippen LogP contribution in [0.2, 0.25) is 0 Å². The van der Waals surface area contributed by atoms with Gasteiger partial charge in [-0.1, -0.05) is 26.7 Å². The Morgan fingerprint density at radius 2 is 2.07 bits per heavy atom. The van der Waals surface area contributed by atoms with E-state index in [9.17, 15) is 9.59 Å². The number of aldehydes is 1. The molecule has 0 aliphatic carbocycles. The van der Waals surface area contributed by atoms with Gasteiger partial charge in [0.25, 0.3) is 0 Å². The number of unbranched alkanes of at least 4 members (excludes halogenated alkanes) is 2. The number of ether oxygens (including phenoxy) is 1. The second-order valence-corrected chi connectivity index (χ2v) is 3.72. The second kappa shape index (κ2) is 9.69. The first kappa shape index (κ1) is 14.1. The Morgan fingerprint density at radius 1 is 1.33 bits per heavy atom. The van der Waals surface area contributed by atoms with Gasteiger partial charge < -0.3 is 9.53 Å². The van der Waals surface area contributed by atoms with E-state index in [1.807, 2.05) is 6.92 Å². The van der Waals surface area contributed by atoms with Crippen molar-refractivity contribution in [1.29, 1.82) is 0 Å². The molecule has 0 bridgehead atoms. The molecule has 0 aliphatic rings.